The smallest absolute Gasteiger partial charge is 0.212 e. The lowest BCUT2D eigenvalue weighted by Gasteiger charge is -2.29. The van der Waals surface area contributed by atoms with E-state index in [2.05, 4.69) is 45.2 Å². The minimum Gasteiger partial charge on any atom is -0.481 e. The van der Waals surface area contributed by atoms with E-state index in [1.807, 2.05) is 24.5 Å². The van der Waals surface area contributed by atoms with Crippen molar-refractivity contribution in [1.29, 1.82) is 5.41 Å². The van der Waals surface area contributed by atoms with E-state index in [0.717, 1.165) is 65.8 Å². The topological polar surface area (TPSA) is 89.9 Å². The van der Waals surface area contributed by atoms with Gasteiger partial charge in [0.15, 0.2) is 0 Å². The van der Waals surface area contributed by atoms with Gasteiger partial charge in [-0.05, 0) is 51.5 Å². The second-order valence-electron chi connectivity index (χ2n) is 8.16. The maximum atomic E-state index is 8.14. The number of ether oxygens (including phenoxy) is 1. The van der Waals surface area contributed by atoms with Crippen LogP contribution in [0.25, 0.3) is 27.7 Å². The molecular formula is C24H29ClN6O. The minimum absolute atomic E-state index is 0.00880. The minimum atomic E-state index is -0.00880. The molecule has 0 atom stereocenters. The summed E-state index contributed by atoms with van der Waals surface area (Å²) in [5.74, 6) is 0.575. The number of aromatic nitrogens is 3. The molecule has 0 unspecified atom stereocenters. The van der Waals surface area contributed by atoms with Crippen molar-refractivity contribution in [3.8, 4) is 17.0 Å². The molecule has 0 bridgehead atoms. The molecule has 168 valence electrons. The predicted molar refractivity (Wildman–Crippen MR) is 130 cm³/mol. The van der Waals surface area contributed by atoms with Gasteiger partial charge in [-0.25, -0.2) is 9.97 Å². The van der Waals surface area contributed by atoms with Crippen molar-refractivity contribution in [2.24, 2.45) is 0 Å². The monoisotopic (exact) mass is 452 g/mol. The Morgan fingerprint density at radius 2 is 2.09 bits per heavy atom. The zero-order chi connectivity index (χ0) is 22.7. The molecule has 1 aliphatic rings. The Kier molecular flexibility index (Phi) is 6.77. The number of piperidine rings is 1. The van der Waals surface area contributed by atoms with Crippen molar-refractivity contribution in [2.45, 2.75) is 32.2 Å². The van der Waals surface area contributed by atoms with Crippen LogP contribution in [0.3, 0.4) is 0 Å². The lowest BCUT2D eigenvalue weighted by molar-refractivity contribution is 0.244. The number of likely N-dealkylation sites (tertiary alicyclic amines) is 1. The van der Waals surface area contributed by atoms with Crippen molar-refractivity contribution in [3.05, 3.63) is 48.1 Å². The van der Waals surface area contributed by atoms with Gasteiger partial charge in [0, 0.05) is 64.0 Å². The number of hydrogen-bond donors (Lipinski definition) is 3. The molecule has 0 amide bonds. The molecule has 3 N–H and O–H groups in total. The number of allylic oxidation sites excluding steroid dienone is 1. The second-order valence-corrected chi connectivity index (χ2v) is 8.54. The van der Waals surface area contributed by atoms with E-state index in [-0.39, 0.29) is 5.17 Å². The molecule has 32 heavy (non-hydrogen) atoms. The normalized spacial score (nSPS) is 15.8. The summed E-state index contributed by atoms with van der Waals surface area (Å²) in [4.78, 5) is 14.8. The number of nitrogens with zero attached hydrogens (tertiary/aromatic N) is 3. The lowest BCUT2D eigenvalue weighted by atomic mass is 10.0. The van der Waals surface area contributed by atoms with Gasteiger partial charge in [-0.2, -0.15) is 0 Å². The average Bonchev–Trinajstić information content (AvgIpc) is 3.18. The Labute approximate surface area is 193 Å². The van der Waals surface area contributed by atoms with E-state index >= 15 is 0 Å². The van der Waals surface area contributed by atoms with E-state index in [1.165, 1.54) is 0 Å². The molecule has 1 fully saturated rings. The van der Waals surface area contributed by atoms with Crippen LogP contribution < -0.4 is 10.1 Å². The Morgan fingerprint density at radius 1 is 1.31 bits per heavy atom. The van der Waals surface area contributed by atoms with Gasteiger partial charge < -0.3 is 19.9 Å². The molecule has 4 heterocycles. The second kappa shape index (κ2) is 9.71. The first-order valence-electron chi connectivity index (χ1n) is 10.9. The Hall–Kier alpha value is -2.90. The SMILES string of the molecule is CCc1[nH]c2ncc(/C(=C/NC3CCN(C)CC3)C(=N)Cl)cc2c1-c1ccc(OC)nc1. The largest absolute Gasteiger partial charge is 0.481 e. The summed E-state index contributed by atoms with van der Waals surface area (Å²) in [5.41, 5.74) is 5.40. The molecule has 7 nitrogen and oxygen atoms in total. The van der Waals surface area contributed by atoms with Crippen molar-refractivity contribution in [2.75, 3.05) is 27.2 Å². The highest BCUT2D eigenvalue weighted by atomic mass is 35.5. The maximum Gasteiger partial charge on any atom is 0.212 e. The van der Waals surface area contributed by atoms with Crippen LogP contribution >= 0.6 is 11.6 Å². The molecule has 0 radical (unpaired) electrons. The molecule has 0 saturated carbocycles. The number of methoxy groups -OCH3 is 1. The quantitative estimate of drug-likeness (QED) is 0.461. The molecule has 1 saturated heterocycles. The number of aryl methyl sites for hydroxylation is 1. The number of pyridine rings is 2. The highest BCUT2D eigenvalue weighted by molar-refractivity contribution is 6.75. The van der Waals surface area contributed by atoms with Crippen LogP contribution in [-0.2, 0) is 6.42 Å². The van der Waals surface area contributed by atoms with Crippen LogP contribution in [0.15, 0.2) is 36.8 Å². The van der Waals surface area contributed by atoms with Crippen LogP contribution in [0.5, 0.6) is 5.88 Å². The zero-order valence-corrected chi connectivity index (χ0v) is 19.5. The highest BCUT2D eigenvalue weighted by Crippen LogP contribution is 2.34. The van der Waals surface area contributed by atoms with E-state index in [0.29, 0.717) is 17.5 Å². The molecular weight excluding hydrogens is 424 g/mol. The number of fused-ring (bicyclic) bond motifs is 1. The third-order valence-corrected chi connectivity index (χ3v) is 6.25. The van der Waals surface area contributed by atoms with Crippen molar-refractivity contribution < 1.29 is 4.74 Å². The molecule has 0 spiro atoms. The fourth-order valence-electron chi connectivity index (χ4n) is 4.16. The molecule has 3 aromatic rings. The van der Waals surface area contributed by atoms with Gasteiger partial charge in [-0.15, -0.1) is 0 Å². The first kappa shape index (κ1) is 22.3. The first-order valence-corrected chi connectivity index (χ1v) is 11.3. The van der Waals surface area contributed by atoms with Gasteiger partial charge in [-0.3, -0.25) is 5.41 Å². The number of rotatable bonds is 7. The summed E-state index contributed by atoms with van der Waals surface area (Å²) in [5, 5.41) is 12.6. The standard InChI is InChI=1S/C24H29ClN6O/c1-4-20-22(15-5-6-21(32-3)28-12-15)18-11-16(13-29-24(18)30-20)19(23(25)26)14-27-17-7-9-31(2)10-8-17/h5-6,11-14,17,26-27H,4,7-10H2,1-3H3,(H,29,30)/b19-14-,26-23?. The van der Waals surface area contributed by atoms with Crippen LogP contribution in [0.2, 0.25) is 0 Å². The number of halogens is 1. The van der Waals surface area contributed by atoms with E-state index in [1.54, 1.807) is 13.3 Å². The molecule has 3 aromatic heterocycles. The fourth-order valence-corrected chi connectivity index (χ4v) is 4.33. The zero-order valence-electron chi connectivity index (χ0n) is 18.7. The molecule has 0 aromatic carbocycles. The van der Waals surface area contributed by atoms with Gasteiger partial charge in [0.05, 0.1) is 7.11 Å². The maximum absolute atomic E-state index is 8.14. The van der Waals surface area contributed by atoms with Crippen molar-refractivity contribution >= 4 is 33.4 Å². The van der Waals surface area contributed by atoms with Crippen LogP contribution in [0.1, 0.15) is 31.0 Å². The summed E-state index contributed by atoms with van der Waals surface area (Å²) >= 11 is 6.20. The molecule has 8 heteroatoms. The summed E-state index contributed by atoms with van der Waals surface area (Å²) in [6, 6.07) is 6.29. The fraction of sp³-hybridized carbons (Fsp3) is 0.375. The molecule has 1 aliphatic heterocycles. The summed E-state index contributed by atoms with van der Waals surface area (Å²) in [6.45, 7) is 4.24. The predicted octanol–water partition coefficient (Wildman–Crippen LogP) is 4.44. The summed E-state index contributed by atoms with van der Waals surface area (Å²) in [7, 11) is 3.75. The van der Waals surface area contributed by atoms with E-state index in [4.69, 9.17) is 21.7 Å². The molecule has 4 rings (SSSR count). The first-order chi connectivity index (χ1) is 15.5. The van der Waals surface area contributed by atoms with Crippen LogP contribution in [-0.4, -0.2) is 58.3 Å². The Balaban J connectivity index is 1.71. The number of hydrogen-bond acceptors (Lipinski definition) is 6. The third kappa shape index (κ3) is 4.64. The van der Waals surface area contributed by atoms with Crippen molar-refractivity contribution in [3.63, 3.8) is 0 Å². The number of nitrogens with one attached hydrogen (secondary N) is 3. The summed E-state index contributed by atoms with van der Waals surface area (Å²) in [6.07, 6.45) is 8.43. The van der Waals surface area contributed by atoms with Crippen LogP contribution in [0.4, 0.5) is 0 Å². The number of aromatic amines is 1. The average molecular weight is 453 g/mol. The lowest BCUT2D eigenvalue weighted by Crippen LogP contribution is -2.39. The Bertz CT molecular complexity index is 1130. The van der Waals surface area contributed by atoms with Gasteiger partial charge in [0.25, 0.3) is 0 Å². The van der Waals surface area contributed by atoms with Gasteiger partial charge in [0.1, 0.15) is 10.8 Å². The van der Waals surface area contributed by atoms with Gasteiger partial charge in [0.2, 0.25) is 5.88 Å². The van der Waals surface area contributed by atoms with Gasteiger partial charge >= 0.3 is 0 Å². The summed E-state index contributed by atoms with van der Waals surface area (Å²) < 4.78 is 5.20. The van der Waals surface area contributed by atoms with E-state index in [9.17, 15) is 0 Å². The highest BCUT2D eigenvalue weighted by Gasteiger charge is 2.18. The van der Waals surface area contributed by atoms with Crippen molar-refractivity contribution in [1.82, 2.24) is 25.2 Å². The third-order valence-electron chi connectivity index (χ3n) is 6.05. The Morgan fingerprint density at radius 3 is 2.72 bits per heavy atom. The van der Waals surface area contributed by atoms with E-state index < -0.39 is 0 Å². The van der Waals surface area contributed by atoms with Gasteiger partial charge in [-0.1, -0.05) is 18.5 Å². The number of H-pyrrole nitrogens is 1. The van der Waals surface area contributed by atoms with Crippen LogP contribution in [0, 0.1) is 5.41 Å². The molecule has 0 aliphatic carbocycles.